The number of fused-ring (bicyclic) bond motifs is 1. The fourth-order valence-corrected chi connectivity index (χ4v) is 1.98. The molecule has 0 amide bonds. The zero-order valence-electron chi connectivity index (χ0n) is 10.9. The molecule has 1 heterocycles. The molecule has 0 aliphatic rings. The molecule has 0 radical (unpaired) electrons. The van der Waals surface area contributed by atoms with Crippen molar-refractivity contribution in [3.8, 4) is 0 Å². The van der Waals surface area contributed by atoms with Gasteiger partial charge in [0.05, 0.1) is 5.52 Å². The Balaban J connectivity index is 2.55. The summed E-state index contributed by atoms with van der Waals surface area (Å²) in [7, 11) is 0. The molecule has 0 spiro atoms. The van der Waals surface area contributed by atoms with Crippen LogP contribution in [0.4, 0.5) is 5.69 Å². The van der Waals surface area contributed by atoms with E-state index in [-0.39, 0.29) is 0 Å². The van der Waals surface area contributed by atoms with Gasteiger partial charge in [0.1, 0.15) is 0 Å². The molecule has 0 bridgehead atoms. The number of anilines is 1. The number of nitrogens with one attached hydrogen (secondary N) is 1. The van der Waals surface area contributed by atoms with E-state index in [4.69, 9.17) is 0 Å². The lowest BCUT2D eigenvalue weighted by Gasteiger charge is -2.11. The number of nitrogens with zero attached hydrogens (tertiary/aromatic N) is 1. The Labute approximate surface area is 103 Å². The van der Waals surface area contributed by atoms with Crippen LogP contribution in [0, 0.1) is 6.92 Å². The van der Waals surface area contributed by atoms with Crippen molar-refractivity contribution in [2.45, 2.75) is 33.6 Å². The van der Waals surface area contributed by atoms with E-state index in [0.717, 1.165) is 30.6 Å². The Morgan fingerprint density at radius 1 is 1.18 bits per heavy atom. The van der Waals surface area contributed by atoms with Crippen molar-refractivity contribution in [1.82, 2.24) is 4.98 Å². The van der Waals surface area contributed by atoms with Crippen molar-refractivity contribution >= 4 is 16.6 Å². The number of rotatable bonds is 4. The monoisotopic (exact) mass is 228 g/mol. The fourth-order valence-electron chi connectivity index (χ4n) is 1.98. The summed E-state index contributed by atoms with van der Waals surface area (Å²) in [6.07, 6.45) is 2.11. The summed E-state index contributed by atoms with van der Waals surface area (Å²) in [5, 5.41) is 4.73. The third kappa shape index (κ3) is 2.57. The van der Waals surface area contributed by atoms with Gasteiger partial charge < -0.3 is 5.32 Å². The van der Waals surface area contributed by atoms with Crippen LogP contribution in [0.3, 0.4) is 0 Å². The van der Waals surface area contributed by atoms with Crippen molar-refractivity contribution < 1.29 is 0 Å². The number of aryl methyl sites for hydroxylation is 2. The van der Waals surface area contributed by atoms with Gasteiger partial charge in [0.2, 0.25) is 0 Å². The van der Waals surface area contributed by atoms with E-state index in [1.807, 2.05) is 0 Å². The molecule has 0 unspecified atom stereocenters. The Morgan fingerprint density at radius 3 is 2.71 bits per heavy atom. The summed E-state index contributed by atoms with van der Waals surface area (Å²) in [6.45, 7) is 7.46. The van der Waals surface area contributed by atoms with Crippen LogP contribution in [0.25, 0.3) is 10.9 Å². The summed E-state index contributed by atoms with van der Waals surface area (Å²) in [5.74, 6) is 0. The van der Waals surface area contributed by atoms with E-state index in [1.165, 1.54) is 16.6 Å². The lowest BCUT2D eigenvalue weighted by atomic mass is 10.1. The molecule has 2 aromatic rings. The van der Waals surface area contributed by atoms with Crippen LogP contribution in [0.2, 0.25) is 0 Å². The van der Waals surface area contributed by atoms with E-state index in [9.17, 15) is 0 Å². The minimum absolute atomic E-state index is 0.977. The maximum Gasteiger partial charge on any atom is 0.0726 e. The highest BCUT2D eigenvalue weighted by molar-refractivity contribution is 5.92. The van der Waals surface area contributed by atoms with Crippen LogP contribution in [0.15, 0.2) is 24.3 Å². The van der Waals surface area contributed by atoms with Crippen LogP contribution < -0.4 is 5.32 Å². The van der Waals surface area contributed by atoms with Crippen molar-refractivity contribution in [3.63, 3.8) is 0 Å². The number of hydrogen-bond acceptors (Lipinski definition) is 2. The SMILES string of the molecule is CCCNc1cc(CC)nc2ccc(C)cc12. The normalized spacial score (nSPS) is 10.8. The summed E-state index contributed by atoms with van der Waals surface area (Å²) in [6, 6.07) is 8.62. The maximum absolute atomic E-state index is 4.66. The molecule has 1 aromatic heterocycles. The molecule has 1 N–H and O–H groups in total. The first kappa shape index (κ1) is 11.9. The lowest BCUT2D eigenvalue weighted by molar-refractivity contribution is 0.977. The van der Waals surface area contributed by atoms with Crippen molar-refractivity contribution in [2.75, 3.05) is 11.9 Å². The Bertz CT molecular complexity index is 518. The largest absolute Gasteiger partial charge is 0.384 e. The maximum atomic E-state index is 4.66. The molecule has 1 aromatic carbocycles. The summed E-state index contributed by atoms with van der Waals surface area (Å²) < 4.78 is 0. The Hall–Kier alpha value is -1.57. The average Bonchev–Trinajstić information content (AvgIpc) is 2.35. The average molecular weight is 228 g/mol. The summed E-state index contributed by atoms with van der Waals surface area (Å²) >= 11 is 0. The topological polar surface area (TPSA) is 24.9 Å². The molecule has 2 rings (SSSR count). The zero-order valence-corrected chi connectivity index (χ0v) is 10.9. The van der Waals surface area contributed by atoms with Gasteiger partial charge in [0, 0.05) is 23.3 Å². The van der Waals surface area contributed by atoms with E-state index in [0.29, 0.717) is 0 Å². The van der Waals surface area contributed by atoms with Gasteiger partial charge in [0.15, 0.2) is 0 Å². The molecule has 0 saturated carbocycles. The molecule has 0 fully saturated rings. The summed E-state index contributed by atoms with van der Waals surface area (Å²) in [5.41, 5.74) is 4.74. The molecule has 17 heavy (non-hydrogen) atoms. The number of benzene rings is 1. The molecule has 0 saturated heterocycles. The van der Waals surface area contributed by atoms with Gasteiger partial charge in [-0.2, -0.15) is 0 Å². The van der Waals surface area contributed by atoms with Gasteiger partial charge in [-0.05, 0) is 38.0 Å². The molecule has 0 aliphatic carbocycles. The van der Waals surface area contributed by atoms with E-state index in [2.05, 4.69) is 55.3 Å². The number of hydrogen-bond donors (Lipinski definition) is 1. The van der Waals surface area contributed by atoms with Crippen LogP contribution in [-0.4, -0.2) is 11.5 Å². The molecular weight excluding hydrogens is 208 g/mol. The second-order valence-electron chi connectivity index (χ2n) is 4.46. The predicted molar refractivity (Wildman–Crippen MR) is 74.6 cm³/mol. The smallest absolute Gasteiger partial charge is 0.0726 e. The minimum Gasteiger partial charge on any atom is -0.384 e. The highest BCUT2D eigenvalue weighted by atomic mass is 14.9. The molecule has 90 valence electrons. The number of pyridine rings is 1. The second-order valence-corrected chi connectivity index (χ2v) is 4.46. The third-order valence-corrected chi connectivity index (χ3v) is 2.94. The predicted octanol–water partition coefficient (Wildman–Crippen LogP) is 3.93. The quantitative estimate of drug-likeness (QED) is 0.857. The van der Waals surface area contributed by atoms with Gasteiger partial charge in [-0.25, -0.2) is 0 Å². The van der Waals surface area contributed by atoms with Crippen LogP contribution in [-0.2, 0) is 6.42 Å². The first-order valence-corrected chi connectivity index (χ1v) is 6.38. The fraction of sp³-hybridized carbons (Fsp3) is 0.400. The van der Waals surface area contributed by atoms with Gasteiger partial charge in [-0.3, -0.25) is 4.98 Å². The minimum atomic E-state index is 0.977. The molecule has 2 nitrogen and oxygen atoms in total. The first-order valence-electron chi connectivity index (χ1n) is 6.38. The molecule has 2 heteroatoms. The van der Waals surface area contributed by atoms with Gasteiger partial charge in [-0.1, -0.05) is 25.5 Å². The van der Waals surface area contributed by atoms with Crippen molar-refractivity contribution in [2.24, 2.45) is 0 Å². The highest BCUT2D eigenvalue weighted by Crippen LogP contribution is 2.24. The molecule has 0 atom stereocenters. The van der Waals surface area contributed by atoms with Crippen molar-refractivity contribution in [3.05, 3.63) is 35.5 Å². The van der Waals surface area contributed by atoms with E-state index >= 15 is 0 Å². The lowest BCUT2D eigenvalue weighted by Crippen LogP contribution is -2.02. The van der Waals surface area contributed by atoms with Crippen LogP contribution in [0.5, 0.6) is 0 Å². The van der Waals surface area contributed by atoms with E-state index in [1.54, 1.807) is 0 Å². The zero-order chi connectivity index (χ0) is 12.3. The third-order valence-electron chi connectivity index (χ3n) is 2.94. The Kier molecular flexibility index (Phi) is 3.62. The second kappa shape index (κ2) is 5.17. The highest BCUT2D eigenvalue weighted by Gasteiger charge is 2.04. The standard InChI is InChI=1S/C15H20N2/c1-4-8-16-15-10-12(5-2)17-14-7-6-11(3)9-13(14)15/h6-7,9-10H,4-5,8H2,1-3H3,(H,16,17). The summed E-state index contributed by atoms with van der Waals surface area (Å²) in [4.78, 5) is 4.66. The van der Waals surface area contributed by atoms with E-state index < -0.39 is 0 Å². The van der Waals surface area contributed by atoms with Crippen molar-refractivity contribution in [1.29, 1.82) is 0 Å². The van der Waals surface area contributed by atoms with Crippen LogP contribution >= 0.6 is 0 Å². The van der Waals surface area contributed by atoms with Gasteiger partial charge in [0.25, 0.3) is 0 Å². The van der Waals surface area contributed by atoms with Gasteiger partial charge >= 0.3 is 0 Å². The first-order chi connectivity index (χ1) is 8.24. The number of aromatic nitrogens is 1. The Morgan fingerprint density at radius 2 is 2.00 bits per heavy atom. The molecule has 0 aliphatic heterocycles. The van der Waals surface area contributed by atoms with Gasteiger partial charge in [-0.15, -0.1) is 0 Å². The molecular formula is C15H20N2. The van der Waals surface area contributed by atoms with Crippen LogP contribution in [0.1, 0.15) is 31.5 Å².